The molecule has 0 aliphatic carbocycles. The van der Waals surface area contributed by atoms with Gasteiger partial charge in [-0.05, 0) is 23.8 Å². The molecule has 0 fully saturated rings. The predicted molar refractivity (Wildman–Crippen MR) is 64.0 cm³/mol. The number of aromatic nitrogens is 2. The molecule has 86 valence electrons. The molecule has 1 amide bonds. The first-order valence-corrected chi connectivity index (χ1v) is 5.40. The smallest absolute Gasteiger partial charge is 0.224 e. The summed E-state index contributed by atoms with van der Waals surface area (Å²) in [7, 11) is 0. The van der Waals surface area contributed by atoms with Crippen LogP contribution in [-0.2, 0) is 17.8 Å². The van der Waals surface area contributed by atoms with Gasteiger partial charge >= 0.3 is 0 Å². The van der Waals surface area contributed by atoms with Gasteiger partial charge in [-0.25, -0.2) is 0 Å². The summed E-state index contributed by atoms with van der Waals surface area (Å²) in [6.07, 6.45) is 5.44. The van der Waals surface area contributed by atoms with Gasteiger partial charge < -0.3 is 5.32 Å². The van der Waals surface area contributed by atoms with Crippen LogP contribution in [0.2, 0.25) is 0 Å². The van der Waals surface area contributed by atoms with E-state index in [0.29, 0.717) is 13.0 Å². The topological polar surface area (TPSA) is 54.9 Å². The standard InChI is InChI=1S/C13H13N3O/c17-13(8-11-4-3-6-14-9-11)16-10-12-5-1-2-7-15-12/h1-7,9H,8,10H2,(H,16,17). The van der Waals surface area contributed by atoms with Crippen molar-refractivity contribution in [3.63, 3.8) is 0 Å². The van der Waals surface area contributed by atoms with E-state index in [1.165, 1.54) is 0 Å². The minimum atomic E-state index is -0.0244. The van der Waals surface area contributed by atoms with Crippen molar-refractivity contribution in [2.24, 2.45) is 0 Å². The fourth-order valence-electron chi connectivity index (χ4n) is 1.44. The van der Waals surface area contributed by atoms with E-state index in [1.807, 2.05) is 30.3 Å². The van der Waals surface area contributed by atoms with Crippen LogP contribution in [-0.4, -0.2) is 15.9 Å². The van der Waals surface area contributed by atoms with Gasteiger partial charge in [-0.15, -0.1) is 0 Å². The Morgan fingerprint density at radius 3 is 2.82 bits per heavy atom. The fourth-order valence-corrected chi connectivity index (χ4v) is 1.44. The average molecular weight is 227 g/mol. The maximum absolute atomic E-state index is 11.6. The first kappa shape index (κ1) is 11.3. The summed E-state index contributed by atoms with van der Waals surface area (Å²) in [5.41, 5.74) is 1.76. The van der Waals surface area contributed by atoms with Crippen molar-refractivity contribution in [1.82, 2.24) is 15.3 Å². The van der Waals surface area contributed by atoms with Crippen molar-refractivity contribution < 1.29 is 4.79 Å². The Kier molecular flexibility index (Phi) is 3.81. The first-order chi connectivity index (χ1) is 8.34. The molecule has 0 aromatic carbocycles. The molecule has 0 saturated heterocycles. The molecule has 2 aromatic rings. The van der Waals surface area contributed by atoms with Gasteiger partial charge in [0.15, 0.2) is 0 Å². The molecular formula is C13H13N3O. The van der Waals surface area contributed by atoms with Gasteiger partial charge in [0.1, 0.15) is 0 Å². The van der Waals surface area contributed by atoms with Crippen LogP contribution >= 0.6 is 0 Å². The summed E-state index contributed by atoms with van der Waals surface area (Å²) in [5.74, 6) is -0.0244. The molecule has 0 saturated carbocycles. The quantitative estimate of drug-likeness (QED) is 0.857. The van der Waals surface area contributed by atoms with E-state index in [-0.39, 0.29) is 5.91 Å². The number of amides is 1. The molecule has 0 atom stereocenters. The Morgan fingerprint density at radius 2 is 2.12 bits per heavy atom. The molecule has 0 bridgehead atoms. The Hall–Kier alpha value is -2.23. The Labute approximate surface area is 99.7 Å². The lowest BCUT2D eigenvalue weighted by Crippen LogP contribution is -2.24. The van der Waals surface area contributed by atoms with Gasteiger partial charge in [-0.2, -0.15) is 0 Å². The Bertz CT molecular complexity index is 471. The fraction of sp³-hybridized carbons (Fsp3) is 0.154. The lowest BCUT2D eigenvalue weighted by molar-refractivity contribution is -0.120. The first-order valence-electron chi connectivity index (χ1n) is 5.40. The van der Waals surface area contributed by atoms with Crippen LogP contribution in [0.1, 0.15) is 11.3 Å². The third kappa shape index (κ3) is 3.68. The molecule has 2 rings (SSSR count). The summed E-state index contributed by atoms with van der Waals surface area (Å²) in [6, 6.07) is 9.33. The largest absolute Gasteiger partial charge is 0.350 e. The third-order valence-corrected chi connectivity index (χ3v) is 2.28. The lowest BCUT2D eigenvalue weighted by Gasteiger charge is -2.04. The van der Waals surface area contributed by atoms with Crippen LogP contribution < -0.4 is 5.32 Å². The van der Waals surface area contributed by atoms with Crippen molar-refractivity contribution in [3.8, 4) is 0 Å². The number of carbonyl (C=O) groups excluding carboxylic acids is 1. The van der Waals surface area contributed by atoms with E-state index in [0.717, 1.165) is 11.3 Å². The van der Waals surface area contributed by atoms with Crippen LogP contribution in [0.5, 0.6) is 0 Å². The molecule has 0 radical (unpaired) electrons. The number of nitrogens with one attached hydrogen (secondary N) is 1. The van der Waals surface area contributed by atoms with E-state index in [1.54, 1.807) is 18.6 Å². The molecule has 17 heavy (non-hydrogen) atoms. The maximum Gasteiger partial charge on any atom is 0.224 e. The molecule has 0 unspecified atom stereocenters. The minimum Gasteiger partial charge on any atom is -0.350 e. The van der Waals surface area contributed by atoms with Gasteiger partial charge in [0.05, 0.1) is 18.7 Å². The van der Waals surface area contributed by atoms with Gasteiger partial charge in [0.25, 0.3) is 0 Å². The highest BCUT2D eigenvalue weighted by Gasteiger charge is 2.03. The van der Waals surface area contributed by atoms with Crippen LogP contribution in [0.25, 0.3) is 0 Å². The molecule has 0 aliphatic heterocycles. The highest BCUT2D eigenvalue weighted by atomic mass is 16.1. The van der Waals surface area contributed by atoms with Crippen molar-refractivity contribution >= 4 is 5.91 Å². The van der Waals surface area contributed by atoms with Crippen LogP contribution in [0.15, 0.2) is 48.9 Å². The minimum absolute atomic E-state index is 0.0244. The molecule has 0 spiro atoms. The molecule has 4 heteroatoms. The zero-order chi connectivity index (χ0) is 11.9. The maximum atomic E-state index is 11.6. The summed E-state index contributed by atoms with van der Waals surface area (Å²) in [5, 5.41) is 2.82. The zero-order valence-electron chi connectivity index (χ0n) is 9.34. The predicted octanol–water partition coefficient (Wildman–Crippen LogP) is 1.34. The monoisotopic (exact) mass is 227 g/mol. The molecule has 2 aromatic heterocycles. The highest BCUT2D eigenvalue weighted by Crippen LogP contribution is 1.97. The number of pyridine rings is 2. The summed E-state index contributed by atoms with van der Waals surface area (Å²) >= 11 is 0. The normalized spacial score (nSPS) is 9.88. The highest BCUT2D eigenvalue weighted by molar-refractivity contribution is 5.78. The summed E-state index contributed by atoms with van der Waals surface area (Å²) in [4.78, 5) is 19.7. The van der Waals surface area contributed by atoms with E-state index in [4.69, 9.17) is 0 Å². The van der Waals surface area contributed by atoms with E-state index >= 15 is 0 Å². The SMILES string of the molecule is O=C(Cc1cccnc1)NCc1ccccn1. The second-order valence-corrected chi connectivity index (χ2v) is 3.64. The second-order valence-electron chi connectivity index (χ2n) is 3.64. The van der Waals surface area contributed by atoms with Gasteiger partial charge in [-0.1, -0.05) is 12.1 Å². The number of rotatable bonds is 4. The molecular weight excluding hydrogens is 214 g/mol. The summed E-state index contributed by atoms with van der Waals surface area (Å²) in [6.45, 7) is 0.458. The summed E-state index contributed by atoms with van der Waals surface area (Å²) < 4.78 is 0. The van der Waals surface area contributed by atoms with E-state index in [9.17, 15) is 4.79 Å². The van der Waals surface area contributed by atoms with Gasteiger partial charge in [0, 0.05) is 18.6 Å². The van der Waals surface area contributed by atoms with Crippen molar-refractivity contribution in [2.45, 2.75) is 13.0 Å². The van der Waals surface area contributed by atoms with Crippen molar-refractivity contribution in [1.29, 1.82) is 0 Å². The van der Waals surface area contributed by atoms with Crippen molar-refractivity contribution in [3.05, 3.63) is 60.2 Å². The van der Waals surface area contributed by atoms with E-state index < -0.39 is 0 Å². The van der Waals surface area contributed by atoms with E-state index in [2.05, 4.69) is 15.3 Å². The number of carbonyl (C=O) groups is 1. The Balaban J connectivity index is 1.83. The van der Waals surface area contributed by atoms with Crippen LogP contribution in [0.4, 0.5) is 0 Å². The van der Waals surface area contributed by atoms with Crippen molar-refractivity contribution in [2.75, 3.05) is 0 Å². The van der Waals surface area contributed by atoms with Crippen LogP contribution in [0.3, 0.4) is 0 Å². The van der Waals surface area contributed by atoms with Gasteiger partial charge in [0.2, 0.25) is 5.91 Å². The number of hydrogen-bond donors (Lipinski definition) is 1. The third-order valence-electron chi connectivity index (χ3n) is 2.28. The molecule has 2 heterocycles. The number of nitrogens with zero attached hydrogens (tertiary/aromatic N) is 2. The zero-order valence-corrected chi connectivity index (χ0v) is 9.34. The second kappa shape index (κ2) is 5.75. The Morgan fingerprint density at radius 1 is 1.18 bits per heavy atom. The lowest BCUT2D eigenvalue weighted by atomic mass is 10.2. The van der Waals surface area contributed by atoms with Crippen LogP contribution in [0, 0.1) is 0 Å². The van der Waals surface area contributed by atoms with Gasteiger partial charge in [-0.3, -0.25) is 14.8 Å². The molecule has 0 aliphatic rings. The molecule has 4 nitrogen and oxygen atoms in total. The number of hydrogen-bond acceptors (Lipinski definition) is 3. The molecule has 1 N–H and O–H groups in total. The average Bonchev–Trinajstić information content (AvgIpc) is 2.39.